The van der Waals surface area contributed by atoms with Gasteiger partial charge >= 0.3 is 0 Å². The second kappa shape index (κ2) is 6.11. The number of sulfonamides is 1. The zero-order valence-corrected chi connectivity index (χ0v) is 12.7. The zero-order chi connectivity index (χ0) is 14.8. The van der Waals surface area contributed by atoms with Crippen LogP contribution in [-0.4, -0.2) is 39.3 Å². The molecule has 0 aromatic heterocycles. The van der Waals surface area contributed by atoms with Crippen LogP contribution in [0.3, 0.4) is 0 Å². The average Bonchev–Trinajstić information content (AvgIpc) is 3.19. The number of hydrogen-bond acceptors (Lipinski definition) is 4. The minimum absolute atomic E-state index is 0.0934. The lowest BCUT2D eigenvalue weighted by atomic mass is 10.2. The lowest BCUT2D eigenvalue weighted by Crippen LogP contribution is -2.29. The highest BCUT2D eigenvalue weighted by atomic mass is 32.2. The standard InChI is InChI=1S/C14H22N2O3S/c1-11(17)9-10-16(2)13-5-3-4-6-14(13)20(18,19)15-12-7-8-12/h3-6,11-12,15,17H,7-10H2,1-2H3. The molecule has 1 aliphatic carbocycles. The first-order chi connectivity index (χ1) is 9.40. The van der Waals surface area contributed by atoms with Crippen molar-refractivity contribution in [3.8, 4) is 0 Å². The summed E-state index contributed by atoms with van der Waals surface area (Å²) in [5, 5.41) is 9.35. The van der Waals surface area contributed by atoms with Crippen molar-refractivity contribution >= 4 is 15.7 Å². The highest BCUT2D eigenvalue weighted by Crippen LogP contribution is 2.27. The maximum absolute atomic E-state index is 12.4. The van der Waals surface area contributed by atoms with Gasteiger partial charge in [0.05, 0.1) is 11.8 Å². The van der Waals surface area contributed by atoms with E-state index in [1.807, 2.05) is 18.0 Å². The fraction of sp³-hybridized carbons (Fsp3) is 0.571. The van der Waals surface area contributed by atoms with Crippen LogP contribution in [-0.2, 0) is 10.0 Å². The Hall–Kier alpha value is -1.11. The van der Waals surface area contributed by atoms with Crippen molar-refractivity contribution in [2.24, 2.45) is 0 Å². The molecule has 6 heteroatoms. The molecule has 0 spiro atoms. The molecule has 0 heterocycles. The predicted molar refractivity (Wildman–Crippen MR) is 79.4 cm³/mol. The van der Waals surface area contributed by atoms with Gasteiger partial charge in [-0.15, -0.1) is 0 Å². The molecule has 0 radical (unpaired) electrons. The van der Waals surface area contributed by atoms with Crippen molar-refractivity contribution < 1.29 is 13.5 Å². The van der Waals surface area contributed by atoms with Crippen LogP contribution in [0.2, 0.25) is 0 Å². The second-order valence-corrected chi connectivity index (χ2v) is 7.10. The summed E-state index contributed by atoms with van der Waals surface area (Å²) < 4.78 is 27.4. The van der Waals surface area contributed by atoms with Crippen LogP contribution >= 0.6 is 0 Å². The summed E-state index contributed by atoms with van der Waals surface area (Å²) in [6.07, 6.45) is 2.03. The molecule has 2 rings (SSSR count). The molecule has 1 aliphatic rings. The summed E-state index contributed by atoms with van der Waals surface area (Å²) in [6.45, 7) is 2.33. The first-order valence-electron chi connectivity index (χ1n) is 6.90. The number of benzene rings is 1. The Kier molecular flexibility index (Phi) is 4.67. The summed E-state index contributed by atoms with van der Waals surface area (Å²) in [5.74, 6) is 0. The summed E-state index contributed by atoms with van der Waals surface area (Å²) in [5.41, 5.74) is 0.668. The number of aliphatic hydroxyl groups is 1. The first kappa shape index (κ1) is 15.3. The number of nitrogens with one attached hydrogen (secondary N) is 1. The number of hydrogen-bond donors (Lipinski definition) is 2. The molecule has 1 saturated carbocycles. The van der Waals surface area contributed by atoms with E-state index in [0.29, 0.717) is 23.5 Å². The number of nitrogens with zero attached hydrogens (tertiary/aromatic N) is 1. The topological polar surface area (TPSA) is 69.6 Å². The van der Waals surface area contributed by atoms with E-state index in [1.165, 1.54) is 0 Å². The molecule has 2 N–H and O–H groups in total. The SMILES string of the molecule is CC(O)CCN(C)c1ccccc1S(=O)(=O)NC1CC1. The van der Waals surface area contributed by atoms with Gasteiger partial charge in [-0.3, -0.25) is 0 Å². The molecule has 1 unspecified atom stereocenters. The number of aliphatic hydroxyl groups excluding tert-OH is 1. The third-order valence-electron chi connectivity index (χ3n) is 3.35. The highest BCUT2D eigenvalue weighted by Gasteiger charge is 2.29. The normalized spacial score (nSPS) is 16.9. The van der Waals surface area contributed by atoms with Gasteiger partial charge in [0.1, 0.15) is 4.90 Å². The van der Waals surface area contributed by atoms with Crippen molar-refractivity contribution in [3.05, 3.63) is 24.3 Å². The first-order valence-corrected chi connectivity index (χ1v) is 8.39. The van der Waals surface area contributed by atoms with Crippen LogP contribution in [0.4, 0.5) is 5.69 Å². The second-order valence-electron chi connectivity index (χ2n) is 5.42. The lowest BCUT2D eigenvalue weighted by Gasteiger charge is -2.23. The van der Waals surface area contributed by atoms with E-state index in [0.717, 1.165) is 12.8 Å². The fourth-order valence-corrected chi connectivity index (χ4v) is 3.54. The van der Waals surface area contributed by atoms with Crippen LogP contribution < -0.4 is 9.62 Å². The monoisotopic (exact) mass is 298 g/mol. The summed E-state index contributed by atoms with van der Waals surface area (Å²) in [4.78, 5) is 2.17. The molecule has 1 fully saturated rings. The van der Waals surface area contributed by atoms with Gasteiger partial charge in [-0.25, -0.2) is 13.1 Å². The highest BCUT2D eigenvalue weighted by molar-refractivity contribution is 7.89. The van der Waals surface area contributed by atoms with E-state index in [9.17, 15) is 13.5 Å². The Morgan fingerprint density at radius 3 is 2.65 bits per heavy atom. The molecule has 0 bridgehead atoms. The Labute approximate surface area is 120 Å². The quantitative estimate of drug-likeness (QED) is 0.797. The van der Waals surface area contributed by atoms with E-state index >= 15 is 0 Å². The minimum Gasteiger partial charge on any atom is -0.393 e. The molecule has 1 atom stereocenters. The Morgan fingerprint density at radius 1 is 1.40 bits per heavy atom. The van der Waals surface area contributed by atoms with Crippen LogP contribution in [0, 0.1) is 0 Å². The van der Waals surface area contributed by atoms with Crippen molar-refractivity contribution in [2.45, 2.75) is 43.2 Å². The van der Waals surface area contributed by atoms with Gasteiger partial charge in [0.2, 0.25) is 10.0 Å². The van der Waals surface area contributed by atoms with Gasteiger partial charge < -0.3 is 10.0 Å². The molecular weight excluding hydrogens is 276 g/mol. The van der Waals surface area contributed by atoms with Crippen LogP contribution in [0.15, 0.2) is 29.2 Å². The van der Waals surface area contributed by atoms with E-state index in [4.69, 9.17) is 0 Å². The van der Waals surface area contributed by atoms with Gasteiger partial charge in [-0.1, -0.05) is 12.1 Å². The molecule has 1 aromatic carbocycles. The Bertz CT molecular complexity index is 553. The van der Waals surface area contributed by atoms with Gasteiger partial charge in [0, 0.05) is 19.6 Å². The lowest BCUT2D eigenvalue weighted by molar-refractivity contribution is 0.187. The van der Waals surface area contributed by atoms with E-state index in [-0.39, 0.29) is 6.04 Å². The molecular formula is C14H22N2O3S. The van der Waals surface area contributed by atoms with Crippen LogP contribution in [0.1, 0.15) is 26.2 Å². The minimum atomic E-state index is -3.47. The van der Waals surface area contributed by atoms with Crippen LogP contribution in [0.5, 0.6) is 0 Å². The molecule has 0 aliphatic heterocycles. The van der Waals surface area contributed by atoms with E-state index in [2.05, 4.69) is 4.72 Å². The molecule has 0 saturated heterocycles. The third kappa shape index (κ3) is 3.94. The van der Waals surface area contributed by atoms with Crippen molar-refractivity contribution in [1.29, 1.82) is 0 Å². The van der Waals surface area contributed by atoms with E-state index in [1.54, 1.807) is 25.1 Å². The summed E-state index contributed by atoms with van der Waals surface area (Å²) in [6, 6.07) is 7.07. The van der Waals surface area contributed by atoms with Gasteiger partial charge in [0.15, 0.2) is 0 Å². The van der Waals surface area contributed by atoms with Crippen molar-refractivity contribution in [3.63, 3.8) is 0 Å². The number of para-hydroxylation sites is 1. The maximum atomic E-state index is 12.4. The zero-order valence-electron chi connectivity index (χ0n) is 11.9. The van der Waals surface area contributed by atoms with Crippen LogP contribution in [0.25, 0.3) is 0 Å². The van der Waals surface area contributed by atoms with Crippen molar-refractivity contribution in [2.75, 3.05) is 18.5 Å². The summed E-state index contributed by atoms with van der Waals surface area (Å²) in [7, 11) is -1.62. The maximum Gasteiger partial charge on any atom is 0.242 e. The van der Waals surface area contributed by atoms with E-state index < -0.39 is 16.1 Å². The number of anilines is 1. The fourth-order valence-electron chi connectivity index (χ4n) is 1.98. The molecule has 1 aromatic rings. The van der Waals surface area contributed by atoms with Gasteiger partial charge in [0.25, 0.3) is 0 Å². The molecule has 5 nitrogen and oxygen atoms in total. The Morgan fingerprint density at radius 2 is 2.05 bits per heavy atom. The predicted octanol–water partition coefficient (Wildman–Crippen LogP) is 1.33. The smallest absolute Gasteiger partial charge is 0.242 e. The third-order valence-corrected chi connectivity index (χ3v) is 4.92. The Balaban J connectivity index is 2.20. The number of rotatable bonds is 7. The van der Waals surface area contributed by atoms with Gasteiger partial charge in [-0.2, -0.15) is 0 Å². The molecule has 20 heavy (non-hydrogen) atoms. The van der Waals surface area contributed by atoms with Gasteiger partial charge in [-0.05, 0) is 38.3 Å². The van der Waals surface area contributed by atoms with Crippen molar-refractivity contribution in [1.82, 2.24) is 4.72 Å². The molecule has 0 amide bonds. The summed E-state index contributed by atoms with van der Waals surface area (Å²) >= 11 is 0. The average molecular weight is 298 g/mol. The largest absolute Gasteiger partial charge is 0.393 e. The molecule has 112 valence electrons.